The highest BCUT2D eigenvalue weighted by molar-refractivity contribution is 5.74. The Bertz CT molecular complexity index is 203. The molecule has 0 bridgehead atoms. The van der Waals surface area contributed by atoms with Gasteiger partial charge in [-0.15, -0.1) is 0 Å². The van der Waals surface area contributed by atoms with E-state index in [0.717, 1.165) is 32.2 Å². The van der Waals surface area contributed by atoms with Crippen molar-refractivity contribution in [1.82, 2.24) is 10.6 Å². The topological polar surface area (TPSA) is 41.1 Å². The van der Waals surface area contributed by atoms with E-state index in [1.54, 1.807) is 0 Å². The molecule has 3 heteroatoms. The first-order chi connectivity index (χ1) is 6.83. The number of hydrogen-bond donors (Lipinski definition) is 2. The molecule has 14 heavy (non-hydrogen) atoms. The number of rotatable bonds is 4. The van der Waals surface area contributed by atoms with Gasteiger partial charge in [0.15, 0.2) is 0 Å². The van der Waals surface area contributed by atoms with E-state index in [-0.39, 0.29) is 6.03 Å². The van der Waals surface area contributed by atoms with Gasteiger partial charge in [0.25, 0.3) is 0 Å². The fraction of sp³-hybridized carbons (Fsp3) is 0.727. The van der Waals surface area contributed by atoms with Crippen molar-refractivity contribution in [3.05, 3.63) is 11.8 Å². The molecule has 3 nitrogen and oxygen atoms in total. The van der Waals surface area contributed by atoms with E-state index in [0.29, 0.717) is 0 Å². The zero-order valence-electron chi connectivity index (χ0n) is 8.94. The highest BCUT2D eigenvalue weighted by Crippen LogP contribution is 2.22. The molecule has 0 aliphatic heterocycles. The lowest BCUT2D eigenvalue weighted by Gasteiger charge is -2.03. The summed E-state index contributed by atoms with van der Waals surface area (Å²) >= 11 is 0. The van der Waals surface area contributed by atoms with Gasteiger partial charge in [0.05, 0.1) is 0 Å². The van der Waals surface area contributed by atoms with Crippen LogP contribution in [0.4, 0.5) is 4.79 Å². The van der Waals surface area contributed by atoms with Gasteiger partial charge in [0.2, 0.25) is 0 Å². The molecule has 0 heterocycles. The Morgan fingerprint density at radius 1 is 1.43 bits per heavy atom. The number of allylic oxidation sites excluding steroid dienone is 1. The Morgan fingerprint density at radius 2 is 2.14 bits per heavy atom. The lowest BCUT2D eigenvalue weighted by atomic mass is 10.2. The van der Waals surface area contributed by atoms with Gasteiger partial charge in [0, 0.05) is 12.7 Å². The van der Waals surface area contributed by atoms with Crippen LogP contribution in [0, 0.1) is 0 Å². The summed E-state index contributed by atoms with van der Waals surface area (Å²) in [5, 5.41) is 5.58. The monoisotopic (exact) mass is 196 g/mol. The molecular weight excluding hydrogens is 176 g/mol. The summed E-state index contributed by atoms with van der Waals surface area (Å²) < 4.78 is 0. The van der Waals surface area contributed by atoms with E-state index < -0.39 is 0 Å². The SMILES string of the molecule is CCCCNC(=O)NC=C1CCCC1. The molecule has 0 radical (unpaired) electrons. The smallest absolute Gasteiger partial charge is 0.318 e. The molecule has 0 atom stereocenters. The summed E-state index contributed by atoms with van der Waals surface area (Å²) in [5.74, 6) is 0. The molecule has 1 saturated carbocycles. The van der Waals surface area contributed by atoms with E-state index >= 15 is 0 Å². The van der Waals surface area contributed by atoms with Crippen molar-refractivity contribution in [2.45, 2.75) is 45.4 Å². The van der Waals surface area contributed by atoms with Crippen LogP contribution in [-0.2, 0) is 0 Å². The summed E-state index contributed by atoms with van der Waals surface area (Å²) in [5.41, 5.74) is 1.37. The average molecular weight is 196 g/mol. The van der Waals surface area contributed by atoms with Gasteiger partial charge < -0.3 is 10.6 Å². The summed E-state index contributed by atoms with van der Waals surface area (Å²) in [6.45, 7) is 2.88. The molecule has 0 saturated heterocycles. The quantitative estimate of drug-likeness (QED) is 0.666. The standard InChI is InChI=1S/C11H20N2O/c1-2-3-8-12-11(14)13-9-10-6-4-5-7-10/h9H,2-8H2,1H3,(H2,12,13,14). The van der Waals surface area contributed by atoms with Gasteiger partial charge in [-0.2, -0.15) is 0 Å². The van der Waals surface area contributed by atoms with Crippen LogP contribution in [0.5, 0.6) is 0 Å². The fourth-order valence-corrected chi connectivity index (χ4v) is 1.57. The minimum Gasteiger partial charge on any atom is -0.338 e. The van der Waals surface area contributed by atoms with Crippen LogP contribution in [0.25, 0.3) is 0 Å². The molecule has 1 aliphatic rings. The van der Waals surface area contributed by atoms with Crippen molar-refractivity contribution in [3.63, 3.8) is 0 Å². The lowest BCUT2D eigenvalue weighted by molar-refractivity contribution is 0.244. The second kappa shape index (κ2) is 6.46. The molecule has 1 rings (SSSR count). The first-order valence-electron chi connectivity index (χ1n) is 5.55. The third kappa shape index (κ3) is 4.30. The molecule has 2 N–H and O–H groups in total. The number of carbonyl (C=O) groups excluding carboxylic acids is 1. The van der Waals surface area contributed by atoms with Crippen molar-refractivity contribution < 1.29 is 4.79 Å². The number of urea groups is 1. The Hall–Kier alpha value is -0.990. The molecular formula is C11H20N2O. The highest BCUT2D eigenvalue weighted by Gasteiger charge is 2.06. The van der Waals surface area contributed by atoms with Crippen molar-refractivity contribution in [2.24, 2.45) is 0 Å². The molecule has 0 unspecified atom stereocenters. The maximum Gasteiger partial charge on any atom is 0.318 e. The second-order valence-corrected chi connectivity index (χ2v) is 3.76. The molecule has 80 valence electrons. The van der Waals surface area contributed by atoms with Gasteiger partial charge in [0.1, 0.15) is 0 Å². The number of hydrogen-bond acceptors (Lipinski definition) is 1. The molecule has 2 amide bonds. The van der Waals surface area contributed by atoms with Crippen LogP contribution in [0.2, 0.25) is 0 Å². The van der Waals surface area contributed by atoms with E-state index in [1.165, 1.54) is 18.4 Å². The number of carbonyl (C=O) groups is 1. The molecule has 1 fully saturated rings. The molecule has 0 aromatic rings. The van der Waals surface area contributed by atoms with E-state index in [2.05, 4.69) is 17.6 Å². The molecule has 0 aromatic heterocycles. The fourth-order valence-electron chi connectivity index (χ4n) is 1.57. The first-order valence-corrected chi connectivity index (χ1v) is 5.55. The predicted octanol–water partition coefficient (Wildman–Crippen LogP) is 2.54. The number of nitrogens with one attached hydrogen (secondary N) is 2. The summed E-state index contributed by atoms with van der Waals surface area (Å²) in [6, 6.07) is -0.0714. The second-order valence-electron chi connectivity index (χ2n) is 3.76. The Kier molecular flexibility index (Phi) is 5.12. The largest absolute Gasteiger partial charge is 0.338 e. The van der Waals surface area contributed by atoms with Crippen LogP contribution < -0.4 is 10.6 Å². The van der Waals surface area contributed by atoms with Crippen molar-refractivity contribution in [2.75, 3.05) is 6.54 Å². The third-order valence-electron chi connectivity index (χ3n) is 2.47. The van der Waals surface area contributed by atoms with Crippen molar-refractivity contribution >= 4 is 6.03 Å². The van der Waals surface area contributed by atoms with E-state index in [1.807, 2.05) is 6.20 Å². The number of unbranched alkanes of at least 4 members (excludes halogenated alkanes) is 1. The Morgan fingerprint density at radius 3 is 2.79 bits per heavy atom. The highest BCUT2D eigenvalue weighted by atomic mass is 16.2. The number of amides is 2. The third-order valence-corrected chi connectivity index (χ3v) is 2.47. The Labute approximate surface area is 86.0 Å². The van der Waals surface area contributed by atoms with Crippen LogP contribution in [-0.4, -0.2) is 12.6 Å². The maximum absolute atomic E-state index is 11.2. The van der Waals surface area contributed by atoms with Crippen LogP contribution in [0.3, 0.4) is 0 Å². The predicted molar refractivity (Wildman–Crippen MR) is 58.0 cm³/mol. The van der Waals surface area contributed by atoms with Gasteiger partial charge in [-0.05, 0) is 32.1 Å². The van der Waals surface area contributed by atoms with Gasteiger partial charge in [-0.1, -0.05) is 18.9 Å². The molecule has 1 aliphatic carbocycles. The first kappa shape index (κ1) is 11.1. The Balaban J connectivity index is 2.10. The zero-order chi connectivity index (χ0) is 10.2. The van der Waals surface area contributed by atoms with Crippen molar-refractivity contribution in [3.8, 4) is 0 Å². The maximum atomic E-state index is 11.2. The van der Waals surface area contributed by atoms with Crippen LogP contribution in [0.1, 0.15) is 45.4 Å². The molecule has 0 spiro atoms. The lowest BCUT2D eigenvalue weighted by Crippen LogP contribution is -2.32. The van der Waals surface area contributed by atoms with E-state index in [9.17, 15) is 4.79 Å². The van der Waals surface area contributed by atoms with E-state index in [4.69, 9.17) is 0 Å². The summed E-state index contributed by atoms with van der Waals surface area (Å²) in [4.78, 5) is 11.2. The van der Waals surface area contributed by atoms with Crippen LogP contribution in [0.15, 0.2) is 11.8 Å². The minimum atomic E-state index is -0.0714. The van der Waals surface area contributed by atoms with Gasteiger partial charge in [-0.3, -0.25) is 0 Å². The minimum absolute atomic E-state index is 0.0714. The van der Waals surface area contributed by atoms with Crippen LogP contribution >= 0.6 is 0 Å². The average Bonchev–Trinajstić information content (AvgIpc) is 2.68. The van der Waals surface area contributed by atoms with Gasteiger partial charge >= 0.3 is 6.03 Å². The van der Waals surface area contributed by atoms with Gasteiger partial charge in [-0.25, -0.2) is 4.79 Å². The normalized spacial score (nSPS) is 15.4. The van der Waals surface area contributed by atoms with Crippen molar-refractivity contribution in [1.29, 1.82) is 0 Å². The zero-order valence-corrected chi connectivity index (χ0v) is 8.94. The summed E-state index contributed by atoms with van der Waals surface area (Å²) in [7, 11) is 0. The molecule has 0 aromatic carbocycles. The summed E-state index contributed by atoms with van der Waals surface area (Å²) in [6.07, 6.45) is 8.86.